The van der Waals surface area contributed by atoms with Gasteiger partial charge in [-0.1, -0.05) is 13.8 Å². The summed E-state index contributed by atoms with van der Waals surface area (Å²) in [5.74, 6) is -0.0610. The molecule has 0 aliphatic rings. The van der Waals surface area contributed by atoms with Gasteiger partial charge in [0.15, 0.2) is 6.39 Å². The minimum atomic E-state index is -0.813. The lowest BCUT2D eigenvalue weighted by molar-refractivity contribution is -0.145. The fraction of sp³-hybridized carbons (Fsp3) is 0.667. The number of carbonyl (C=O) groups is 1. The molecule has 1 rings (SSSR count). The number of carboxylic acid groups (broad SMARTS) is 1. The van der Waals surface area contributed by atoms with Crippen LogP contribution in [0.5, 0.6) is 0 Å². The topological polar surface area (TPSA) is 66.6 Å². The van der Waals surface area contributed by atoms with Crippen molar-refractivity contribution >= 4 is 5.97 Å². The molecule has 0 aliphatic carbocycles. The third-order valence-electron chi connectivity index (χ3n) is 3.10. The summed E-state index contributed by atoms with van der Waals surface area (Å²) in [6, 6.07) is -0.643. The zero-order valence-electron chi connectivity index (χ0n) is 11.0. The van der Waals surface area contributed by atoms with Crippen LogP contribution in [0.15, 0.2) is 10.8 Å². The van der Waals surface area contributed by atoms with Crippen molar-refractivity contribution in [2.45, 2.75) is 39.8 Å². The van der Waals surface area contributed by atoms with E-state index in [-0.39, 0.29) is 12.0 Å². The van der Waals surface area contributed by atoms with Gasteiger partial charge in [-0.2, -0.15) is 0 Å². The second kappa shape index (κ2) is 5.31. The van der Waals surface area contributed by atoms with Crippen molar-refractivity contribution in [3.63, 3.8) is 0 Å². The van der Waals surface area contributed by atoms with E-state index in [1.54, 1.807) is 11.9 Å². The van der Waals surface area contributed by atoms with Crippen LogP contribution >= 0.6 is 0 Å². The smallest absolute Gasteiger partial charge is 0.321 e. The zero-order valence-corrected chi connectivity index (χ0v) is 11.0. The molecule has 2 unspecified atom stereocenters. The Morgan fingerprint density at radius 1 is 1.47 bits per heavy atom. The molecule has 0 aromatic carbocycles. The van der Waals surface area contributed by atoms with Crippen LogP contribution in [0.2, 0.25) is 0 Å². The largest absolute Gasteiger partial charge is 0.480 e. The highest BCUT2D eigenvalue weighted by Gasteiger charge is 2.31. The number of oxazole rings is 1. The van der Waals surface area contributed by atoms with Crippen LogP contribution in [0.3, 0.4) is 0 Å². The molecule has 17 heavy (non-hydrogen) atoms. The molecule has 2 atom stereocenters. The Balaban J connectivity index is 2.92. The summed E-state index contributed by atoms with van der Waals surface area (Å²) in [5.41, 5.74) is 0.803. The molecule has 5 heteroatoms. The van der Waals surface area contributed by atoms with Crippen LogP contribution in [0.1, 0.15) is 38.3 Å². The molecule has 0 aliphatic heterocycles. The third-order valence-corrected chi connectivity index (χ3v) is 3.10. The average Bonchev–Trinajstić information content (AvgIpc) is 2.62. The SMILES string of the molecule is Cc1ncoc1C(C)N(C)C(C(=O)O)C(C)C. The first-order valence-corrected chi connectivity index (χ1v) is 5.71. The molecular weight excluding hydrogens is 220 g/mol. The molecule has 5 nitrogen and oxygen atoms in total. The highest BCUT2D eigenvalue weighted by Crippen LogP contribution is 2.25. The standard InChI is InChI=1S/C12H20N2O3/c1-7(2)10(12(15)16)14(5)9(4)11-8(3)13-6-17-11/h6-7,9-10H,1-5H3,(H,15,16). The maximum atomic E-state index is 11.3. The molecule has 0 saturated heterocycles. The molecule has 0 fully saturated rings. The van der Waals surface area contributed by atoms with Crippen molar-refractivity contribution in [1.82, 2.24) is 9.88 Å². The number of hydrogen-bond donors (Lipinski definition) is 1. The van der Waals surface area contributed by atoms with Crippen molar-refractivity contribution in [2.24, 2.45) is 5.92 Å². The van der Waals surface area contributed by atoms with Crippen LogP contribution < -0.4 is 0 Å². The molecule has 1 aromatic rings. The highest BCUT2D eigenvalue weighted by molar-refractivity contribution is 5.73. The third kappa shape index (κ3) is 2.85. The number of likely N-dealkylation sites (N-methyl/N-ethyl adjacent to an activating group) is 1. The van der Waals surface area contributed by atoms with E-state index in [2.05, 4.69) is 4.98 Å². The van der Waals surface area contributed by atoms with Gasteiger partial charge in [0.25, 0.3) is 0 Å². The summed E-state index contributed by atoms with van der Waals surface area (Å²) in [4.78, 5) is 17.1. The number of carboxylic acids is 1. The Hall–Kier alpha value is -1.36. The first-order valence-electron chi connectivity index (χ1n) is 5.71. The maximum Gasteiger partial charge on any atom is 0.321 e. The molecule has 0 amide bonds. The molecule has 0 spiro atoms. The molecule has 0 saturated carbocycles. The van der Waals surface area contributed by atoms with E-state index in [9.17, 15) is 9.90 Å². The average molecular weight is 240 g/mol. The summed E-state index contributed by atoms with van der Waals surface area (Å²) < 4.78 is 5.31. The Kier molecular flexibility index (Phi) is 4.28. The van der Waals surface area contributed by atoms with Gasteiger partial charge in [0.1, 0.15) is 11.8 Å². The fourth-order valence-corrected chi connectivity index (χ4v) is 2.07. The summed E-state index contributed by atoms with van der Waals surface area (Å²) in [7, 11) is 1.80. The molecule has 96 valence electrons. The van der Waals surface area contributed by atoms with E-state index in [0.717, 1.165) is 11.5 Å². The minimum Gasteiger partial charge on any atom is -0.480 e. The van der Waals surface area contributed by atoms with Gasteiger partial charge >= 0.3 is 5.97 Å². The van der Waals surface area contributed by atoms with Gasteiger partial charge in [-0.05, 0) is 26.8 Å². The minimum absolute atomic E-state index is 0.0307. The van der Waals surface area contributed by atoms with Gasteiger partial charge in [0.2, 0.25) is 0 Å². The monoisotopic (exact) mass is 240 g/mol. The van der Waals surface area contributed by atoms with Crippen LogP contribution in [-0.4, -0.2) is 34.0 Å². The van der Waals surface area contributed by atoms with Crippen molar-refractivity contribution in [3.8, 4) is 0 Å². The lowest BCUT2D eigenvalue weighted by Gasteiger charge is -2.31. The lowest BCUT2D eigenvalue weighted by atomic mass is 10.0. The van der Waals surface area contributed by atoms with Gasteiger partial charge in [0.05, 0.1) is 11.7 Å². The molecule has 1 heterocycles. The number of nitrogens with zero attached hydrogens (tertiary/aromatic N) is 2. The fourth-order valence-electron chi connectivity index (χ4n) is 2.07. The summed E-state index contributed by atoms with van der Waals surface area (Å²) in [5, 5.41) is 9.24. The predicted molar refractivity (Wildman–Crippen MR) is 63.7 cm³/mol. The molecule has 0 bridgehead atoms. The van der Waals surface area contributed by atoms with Gasteiger partial charge < -0.3 is 9.52 Å². The maximum absolute atomic E-state index is 11.3. The van der Waals surface area contributed by atoms with E-state index in [1.165, 1.54) is 6.39 Å². The van der Waals surface area contributed by atoms with Crippen LogP contribution in [0.25, 0.3) is 0 Å². The number of rotatable bonds is 5. The summed E-state index contributed by atoms with van der Waals surface area (Å²) in [6.45, 7) is 7.57. The Morgan fingerprint density at radius 3 is 2.41 bits per heavy atom. The first-order chi connectivity index (χ1) is 7.86. The number of hydrogen-bond acceptors (Lipinski definition) is 4. The van der Waals surface area contributed by atoms with Gasteiger partial charge in [-0.15, -0.1) is 0 Å². The zero-order chi connectivity index (χ0) is 13.2. The molecule has 1 aromatic heterocycles. The van der Waals surface area contributed by atoms with E-state index in [1.807, 2.05) is 27.7 Å². The van der Waals surface area contributed by atoms with Gasteiger partial charge in [-0.3, -0.25) is 9.69 Å². The highest BCUT2D eigenvalue weighted by atomic mass is 16.4. The van der Waals surface area contributed by atoms with Crippen molar-refractivity contribution in [3.05, 3.63) is 17.8 Å². The van der Waals surface area contributed by atoms with E-state index < -0.39 is 12.0 Å². The lowest BCUT2D eigenvalue weighted by Crippen LogP contribution is -2.43. The number of aryl methyl sites for hydroxylation is 1. The normalized spacial score (nSPS) is 15.2. The molecular formula is C12H20N2O3. The van der Waals surface area contributed by atoms with E-state index >= 15 is 0 Å². The van der Waals surface area contributed by atoms with E-state index in [0.29, 0.717) is 0 Å². The number of aromatic nitrogens is 1. The van der Waals surface area contributed by atoms with Crippen molar-refractivity contribution < 1.29 is 14.3 Å². The molecule has 0 radical (unpaired) electrons. The summed E-state index contributed by atoms with van der Waals surface area (Å²) in [6.07, 6.45) is 1.39. The van der Waals surface area contributed by atoms with Crippen molar-refractivity contribution in [1.29, 1.82) is 0 Å². The Labute approximate surface area is 101 Å². The predicted octanol–water partition coefficient (Wildman–Crippen LogP) is 2.09. The Bertz CT molecular complexity index is 387. The summed E-state index contributed by atoms with van der Waals surface area (Å²) >= 11 is 0. The van der Waals surface area contributed by atoms with Crippen LogP contribution in [-0.2, 0) is 4.79 Å². The van der Waals surface area contributed by atoms with Crippen LogP contribution in [0.4, 0.5) is 0 Å². The van der Waals surface area contributed by atoms with Crippen LogP contribution in [0, 0.1) is 12.8 Å². The first kappa shape index (κ1) is 13.7. The molecule has 1 N–H and O–H groups in total. The van der Waals surface area contributed by atoms with Gasteiger partial charge in [0, 0.05) is 0 Å². The quantitative estimate of drug-likeness (QED) is 0.853. The van der Waals surface area contributed by atoms with Crippen molar-refractivity contribution in [2.75, 3.05) is 7.05 Å². The number of aliphatic carboxylic acids is 1. The Morgan fingerprint density at radius 2 is 2.06 bits per heavy atom. The second-order valence-electron chi connectivity index (χ2n) is 4.67. The second-order valence-corrected chi connectivity index (χ2v) is 4.67. The van der Waals surface area contributed by atoms with Gasteiger partial charge in [-0.25, -0.2) is 4.98 Å². The van der Waals surface area contributed by atoms with E-state index in [4.69, 9.17) is 4.42 Å².